The second-order valence-corrected chi connectivity index (χ2v) is 8.48. The smallest absolute Gasteiger partial charge is 0.267 e. The fraction of sp³-hybridized carbons (Fsp3) is 0.333. The molecule has 156 valence electrons. The third-order valence-electron chi connectivity index (χ3n) is 5.34. The first-order valence-electron chi connectivity index (χ1n) is 10.5. The van der Waals surface area contributed by atoms with E-state index < -0.39 is 0 Å². The summed E-state index contributed by atoms with van der Waals surface area (Å²) in [6.07, 6.45) is 7.41. The zero-order chi connectivity index (χ0) is 20.9. The number of amides is 1. The van der Waals surface area contributed by atoms with Gasteiger partial charge in [0.15, 0.2) is 16.7 Å². The largest absolute Gasteiger partial charge is 0.504 e. The lowest BCUT2D eigenvalue weighted by Crippen LogP contribution is -2.40. The van der Waals surface area contributed by atoms with Gasteiger partial charge in [-0.1, -0.05) is 43.5 Å². The van der Waals surface area contributed by atoms with E-state index >= 15 is 0 Å². The van der Waals surface area contributed by atoms with Gasteiger partial charge in [0.25, 0.3) is 5.91 Å². The van der Waals surface area contributed by atoms with Crippen LogP contribution in [-0.2, 0) is 4.79 Å². The molecule has 1 aliphatic carbocycles. The van der Waals surface area contributed by atoms with Crippen LogP contribution in [0.5, 0.6) is 11.5 Å². The van der Waals surface area contributed by atoms with Gasteiger partial charge < -0.3 is 9.84 Å². The lowest BCUT2D eigenvalue weighted by Gasteiger charge is -2.30. The van der Waals surface area contributed by atoms with E-state index in [0.29, 0.717) is 17.3 Å². The van der Waals surface area contributed by atoms with Crippen LogP contribution in [0.15, 0.2) is 58.4 Å². The third kappa shape index (κ3) is 4.54. The molecular weight excluding hydrogens is 396 g/mol. The number of ether oxygens (including phenoxy) is 1. The summed E-state index contributed by atoms with van der Waals surface area (Å²) in [6, 6.07) is 15.1. The Morgan fingerprint density at radius 2 is 1.93 bits per heavy atom. The minimum atomic E-state index is 0.00705. The molecule has 0 unspecified atom stereocenters. The Morgan fingerprint density at radius 1 is 1.17 bits per heavy atom. The quantitative estimate of drug-likeness (QED) is 0.625. The molecule has 2 aromatic rings. The molecule has 0 bridgehead atoms. The third-order valence-corrected chi connectivity index (χ3v) is 6.32. The molecule has 0 atom stereocenters. The maximum Gasteiger partial charge on any atom is 0.267 e. The molecule has 5 nitrogen and oxygen atoms in total. The molecule has 1 saturated heterocycles. The second-order valence-electron chi connectivity index (χ2n) is 7.47. The Bertz CT molecular complexity index is 966. The number of hydrogen-bond donors (Lipinski definition) is 1. The van der Waals surface area contributed by atoms with E-state index in [-0.39, 0.29) is 17.7 Å². The monoisotopic (exact) mass is 422 g/mol. The highest BCUT2D eigenvalue weighted by Gasteiger charge is 2.38. The van der Waals surface area contributed by atoms with Crippen molar-refractivity contribution in [3.8, 4) is 11.5 Å². The summed E-state index contributed by atoms with van der Waals surface area (Å²) in [6.45, 7) is 2.33. The van der Waals surface area contributed by atoms with E-state index in [9.17, 15) is 9.90 Å². The van der Waals surface area contributed by atoms with Gasteiger partial charge in [0, 0.05) is 6.04 Å². The Hall–Kier alpha value is -2.73. The van der Waals surface area contributed by atoms with Crippen molar-refractivity contribution < 1.29 is 14.6 Å². The predicted molar refractivity (Wildman–Crippen MR) is 122 cm³/mol. The van der Waals surface area contributed by atoms with E-state index in [1.807, 2.05) is 48.2 Å². The number of thioether (sulfide) groups is 1. The van der Waals surface area contributed by atoms with Crippen molar-refractivity contribution >= 4 is 34.6 Å². The molecule has 30 heavy (non-hydrogen) atoms. The molecule has 4 rings (SSSR count). The van der Waals surface area contributed by atoms with Gasteiger partial charge in [-0.25, -0.2) is 4.99 Å². The average molecular weight is 423 g/mol. The first-order valence-corrected chi connectivity index (χ1v) is 11.3. The number of rotatable bonds is 5. The molecule has 6 heteroatoms. The average Bonchev–Trinajstić information content (AvgIpc) is 3.06. The van der Waals surface area contributed by atoms with Gasteiger partial charge in [0.05, 0.1) is 17.2 Å². The number of carbonyl (C=O) groups excluding carboxylic acids is 1. The summed E-state index contributed by atoms with van der Waals surface area (Å²) in [5.41, 5.74) is 1.66. The molecule has 2 fully saturated rings. The number of aliphatic imine (C=N–C) groups is 1. The van der Waals surface area contributed by atoms with Crippen LogP contribution in [-0.4, -0.2) is 33.7 Å². The van der Waals surface area contributed by atoms with Crippen LogP contribution in [0.3, 0.4) is 0 Å². The number of nitrogens with zero attached hydrogens (tertiary/aromatic N) is 2. The number of para-hydroxylation sites is 1. The first-order chi connectivity index (χ1) is 14.7. The Kier molecular flexibility index (Phi) is 6.43. The molecule has 1 saturated carbocycles. The van der Waals surface area contributed by atoms with Crippen LogP contribution in [0.1, 0.15) is 44.6 Å². The number of hydrogen-bond acceptors (Lipinski definition) is 5. The van der Waals surface area contributed by atoms with Gasteiger partial charge in [0.1, 0.15) is 0 Å². The highest BCUT2D eigenvalue weighted by atomic mass is 32.2. The molecule has 2 aliphatic rings. The first kappa shape index (κ1) is 20.5. The van der Waals surface area contributed by atoms with Gasteiger partial charge >= 0.3 is 0 Å². The van der Waals surface area contributed by atoms with Crippen molar-refractivity contribution in [1.82, 2.24) is 4.90 Å². The van der Waals surface area contributed by atoms with Gasteiger partial charge in [-0.05, 0) is 67.4 Å². The molecule has 0 radical (unpaired) electrons. The zero-order valence-corrected chi connectivity index (χ0v) is 17.9. The lowest BCUT2D eigenvalue weighted by molar-refractivity contribution is -0.124. The fourth-order valence-corrected chi connectivity index (χ4v) is 4.94. The number of benzene rings is 2. The maximum absolute atomic E-state index is 13.4. The van der Waals surface area contributed by atoms with Crippen molar-refractivity contribution in [2.24, 2.45) is 4.99 Å². The molecule has 1 N–H and O–H groups in total. The normalized spacial score (nSPS) is 20.3. The van der Waals surface area contributed by atoms with E-state index in [1.54, 1.807) is 18.2 Å². The SMILES string of the molecule is CCOc1cc(/C=C2/SC(=Nc3ccccc3)N(C3CCCCC3)C2=O)ccc1O. The van der Waals surface area contributed by atoms with Crippen molar-refractivity contribution in [2.75, 3.05) is 6.61 Å². The van der Waals surface area contributed by atoms with Gasteiger partial charge in [-0.15, -0.1) is 0 Å². The molecule has 0 aromatic heterocycles. The van der Waals surface area contributed by atoms with Crippen LogP contribution >= 0.6 is 11.8 Å². The summed E-state index contributed by atoms with van der Waals surface area (Å²) in [7, 11) is 0. The Labute approximate surface area is 181 Å². The highest BCUT2D eigenvalue weighted by molar-refractivity contribution is 8.18. The van der Waals surface area contributed by atoms with E-state index in [1.165, 1.54) is 18.2 Å². The van der Waals surface area contributed by atoms with E-state index in [2.05, 4.69) is 0 Å². The summed E-state index contributed by atoms with van der Waals surface area (Å²) in [4.78, 5) is 20.7. The summed E-state index contributed by atoms with van der Waals surface area (Å²) in [5, 5.41) is 10.7. The number of phenolic OH excluding ortho intramolecular Hbond substituents is 1. The Balaban J connectivity index is 1.68. The fourth-order valence-electron chi connectivity index (χ4n) is 3.88. The molecule has 1 amide bonds. The molecule has 0 spiro atoms. The molecule has 1 heterocycles. The number of phenols is 1. The Morgan fingerprint density at radius 3 is 2.67 bits per heavy atom. The lowest BCUT2D eigenvalue weighted by atomic mass is 9.94. The van der Waals surface area contributed by atoms with Gasteiger partial charge in [-0.3, -0.25) is 9.69 Å². The van der Waals surface area contributed by atoms with Crippen LogP contribution in [0.4, 0.5) is 5.69 Å². The number of aromatic hydroxyl groups is 1. The molecule has 2 aromatic carbocycles. The summed E-state index contributed by atoms with van der Waals surface area (Å²) in [5.74, 6) is 0.525. The van der Waals surface area contributed by atoms with Crippen molar-refractivity contribution in [3.05, 3.63) is 59.0 Å². The second kappa shape index (κ2) is 9.39. The van der Waals surface area contributed by atoms with E-state index in [0.717, 1.165) is 42.1 Å². The molecule has 1 aliphatic heterocycles. The number of carbonyl (C=O) groups is 1. The van der Waals surface area contributed by atoms with Gasteiger partial charge in [-0.2, -0.15) is 0 Å². The maximum atomic E-state index is 13.4. The summed E-state index contributed by atoms with van der Waals surface area (Å²) < 4.78 is 5.48. The van der Waals surface area contributed by atoms with Gasteiger partial charge in [0.2, 0.25) is 0 Å². The van der Waals surface area contributed by atoms with Crippen LogP contribution in [0.25, 0.3) is 6.08 Å². The van der Waals surface area contributed by atoms with E-state index in [4.69, 9.17) is 9.73 Å². The number of amidine groups is 1. The standard InChI is InChI=1S/C24H26N2O3S/c1-2-29-21-15-17(13-14-20(21)27)16-22-23(28)26(19-11-7-4-8-12-19)24(30-22)25-18-9-5-3-6-10-18/h3,5-6,9-10,13-16,19,27H,2,4,7-8,11-12H2,1H3/b22-16+,25-24?. The minimum Gasteiger partial charge on any atom is -0.504 e. The minimum absolute atomic E-state index is 0.00705. The topological polar surface area (TPSA) is 62.1 Å². The van der Waals surface area contributed by atoms with Crippen molar-refractivity contribution in [3.63, 3.8) is 0 Å². The van der Waals surface area contributed by atoms with Crippen LogP contribution in [0, 0.1) is 0 Å². The predicted octanol–water partition coefficient (Wildman–Crippen LogP) is 5.73. The molecular formula is C24H26N2O3S. The van der Waals surface area contributed by atoms with Crippen molar-refractivity contribution in [1.29, 1.82) is 0 Å². The van der Waals surface area contributed by atoms with Crippen molar-refractivity contribution in [2.45, 2.75) is 45.1 Å². The van der Waals surface area contributed by atoms with Crippen LogP contribution < -0.4 is 4.74 Å². The summed E-state index contributed by atoms with van der Waals surface area (Å²) >= 11 is 1.42. The zero-order valence-electron chi connectivity index (χ0n) is 17.1. The van der Waals surface area contributed by atoms with Crippen LogP contribution in [0.2, 0.25) is 0 Å². The highest BCUT2D eigenvalue weighted by Crippen LogP contribution is 2.39.